The molecule has 0 aromatic heterocycles. The summed E-state index contributed by atoms with van der Waals surface area (Å²) < 4.78 is 44.5. The van der Waals surface area contributed by atoms with Crippen LogP contribution in [0.4, 0.5) is 10.1 Å². The third kappa shape index (κ3) is 5.21. The van der Waals surface area contributed by atoms with Crippen molar-refractivity contribution in [2.45, 2.75) is 24.8 Å². The first kappa shape index (κ1) is 22.6. The zero-order chi connectivity index (χ0) is 21.8. The second kappa shape index (κ2) is 9.19. The van der Waals surface area contributed by atoms with Gasteiger partial charge in [0.25, 0.3) is 5.91 Å². The summed E-state index contributed by atoms with van der Waals surface area (Å²) in [6, 6.07) is 10.2. The van der Waals surface area contributed by atoms with Crippen molar-refractivity contribution in [1.82, 2.24) is 4.31 Å². The average molecular weight is 421 g/mol. The second-order valence-corrected chi connectivity index (χ2v) is 8.93. The zero-order valence-corrected chi connectivity index (χ0v) is 17.9. The van der Waals surface area contributed by atoms with Gasteiger partial charge in [-0.1, -0.05) is 6.07 Å². The van der Waals surface area contributed by atoms with Crippen molar-refractivity contribution in [2.75, 3.05) is 26.1 Å². The van der Waals surface area contributed by atoms with E-state index >= 15 is 0 Å². The van der Waals surface area contributed by atoms with Crippen LogP contribution < -0.4 is 9.64 Å². The molecule has 8 heteroatoms. The lowest BCUT2D eigenvalue weighted by atomic mass is 10.2. The van der Waals surface area contributed by atoms with Crippen LogP contribution in [0.25, 0.3) is 6.08 Å². The van der Waals surface area contributed by atoms with Crippen molar-refractivity contribution in [3.63, 3.8) is 0 Å². The van der Waals surface area contributed by atoms with Gasteiger partial charge in [-0.3, -0.25) is 4.79 Å². The van der Waals surface area contributed by atoms with Crippen molar-refractivity contribution in [1.29, 1.82) is 0 Å². The molecule has 1 amide bonds. The Morgan fingerprint density at radius 3 is 2.24 bits per heavy atom. The van der Waals surface area contributed by atoms with Gasteiger partial charge in [0.15, 0.2) is 0 Å². The summed E-state index contributed by atoms with van der Waals surface area (Å²) in [5.74, 6) is -0.468. The van der Waals surface area contributed by atoms with E-state index in [2.05, 4.69) is 0 Å². The predicted octanol–water partition coefficient (Wildman–Crippen LogP) is 3.54. The molecule has 29 heavy (non-hydrogen) atoms. The summed E-state index contributed by atoms with van der Waals surface area (Å²) in [4.78, 5) is 14.3. The Bertz CT molecular complexity index is 1000. The van der Waals surface area contributed by atoms with Gasteiger partial charge in [0.05, 0.1) is 7.11 Å². The van der Waals surface area contributed by atoms with E-state index in [4.69, 9.17) is 4.74 Å². The molecule has 0 spiro atoms. The molecular formula is C21H25FN2O4S. The van der Waals surface area contributed by atoms with Crippen LogP contribution >= 0.6 is 0 Å². The van der Waals surface area contributed by atoms with Crippen LogP contribution in [0.15, 0.2) is 53.4 Å². The molecule has 0 radical (unpaired) electrons. The highest BCUT2D eigenvalue weighted by molar-refractivity contribution is 7.89. The van der Waals surface area contributed by atoms with Crippen LogP contribution in [-0.2, 0) is 14.8 Å². The third-order valence-electron chi connectivity index (χ3n) is 4.22. The highest BCUT2D eigenvalue weighted by Gasteiger charge is 2.22. The Morgan fingerprint density at radius 2 is 1.72 bits per heavy atom. The van der Waals surface area contributed by atoms with Crippen molar-refractivity contribution >= 4 is 27.7 Å². The number of carbonyl (C=O) groups is 1. The Morgan fingerprint density at radius 1 is 1.10 bits per heavy atom. The lowest BCUT2D eigenvalue weighted by molar-refractivity contribution is -0.114. The molecule has 0 heterocycles. The molecule has 2 aromatic carbocycles. The summed E-state index contributed by atoms with van der Waals surface area (Å²) in [5, 5.41) is 0. The van der Waals surface area contributed by atoms with Crippen LogP contribution in [0.1, 0.15) is 19.4 Å². The minimum Gasteiger partial charge on any atom is -0.495 e. The first-order valence-electron chi connectivity index (χ1n) is 8.95. The molecule has 0 aliphatic rings. The van der Waals surface area contributed by atoms with E-state index < -0.39 is 10.0 Å². The molecule has 0 saturated carbocycles. The summed E-state index contributed by atoms with van der Waals surface area (Å²) >= 11 is 0. The number of nitrogens with zero attached hydrogens (tertiary/aromatic N) is 2. The van der Waals surface area contributed by atoms with Gasteiger partial charge in [-0.2, -0.15) is 0 Å². The van der Waals surface area contributed by atoms with E-state index in [-0.39, 0.29) is 28.4 Å². The zero-order valence-electron chi connectivity index (χ0n) is 17.1. The smallest absolute Gasteiger partial charge is 0.251 e. The van der Waals surface area contributed by atoms with Crippen molar-refractivity contribution < 1.29 is 22.3 Å². The number of halogens is 1. The quantitative estimate of drug-likeness (QED) is 0.643. The molecule has 0 fully saturated rings. The fourth-order valence-electron chi connectivity index (χ4n) is 2.72. The molecule has 0 aliphatic carbocycles. The maximum atomic E-state index is 13.2. The van der Waals surface area contributed by atoms with Gasteiger partial charge in [0, 0.05) is 31.9 Å². The lowest BCUT2D eigenvalue weighted by Crippen LogP contribution is -2.35. The molecule has 0 N–H and O–H groups in total. The molecule has 0 aliphatic heterocycles. The number of sulfonamides is 1. The Hall–Kier alpha value is -2.71. The van der Waals surface area contributed by atoms with E-state index in [9.17, 15) is 17.6 Å². The van der Waals surface area contributed by atoms with Crippen molar-refractivity contribution in [2.24, 2.45) is 0 Å². The normalized spacial score (nSPS) is 12.0. The molecular weight excluding hydrogens is 395 g/mol. The van der Waals surface area contributed by atoms with Crippen molar-refractivity contribution in [3.05, 3.63) is 59.9 Å². The molecule has 6 nitrogen and oxygen atoms in total. The van der Waals surface area contributed by atoms with Crippen LogP contribution in [0.5, 0.6) is 5.75 Å². The van der Waals surface area contributed by atoms with E-state index in [1.165, 1.54) is 68.6 Å². The summed E-state index contributed by atoms with van der Waals surface area (Å²) in [7, 11) is 0.550. The SMILES string of the molecule is COc1ccc(/C=C/C(=O)N(c2ccc(F)cc2)C(C)C)cc1S(=O)(=O)N(C)C. The summed E-state index contributed by atoms with van der Waals surface area (Å²) in [6.07, 6.45) is 2.90. The van der Waals surface area contributed by atoms with Crippen LogP contribution in [0, 0.1) is 5.82 Å². The number of carbonyl (C=O) groups excluding carboxylic acids is 1. The van der Waals surface area contributed by atoms with Crippen molar-refractivity contribution in [3.8, 4) is 5.75 Å². The molecule has 0 atom stereocenters. The number of hydrogen-bond acceptors (Lipinski definition) is 4. The van der Waals surface area contributed by atoms with Gasteiger partial charge in [-0.15, -0.1) is 0 Å². The molecule has 156 valence electrons. The third-order valence-corrected chi connectivity index (χ3v) is 6.06. The minimum absolute atomic E-state index is 0.0128. The van der Waals surface area contributed by atoms with Gasteiger partial charge >= 0.3 is 0 Å². The number of benzene rings is 2. The molecule has 2 aromatic rings. The number of hydrogen-bond donors (Lipinski definition) is 0. The Balaban J connectivity index is 2.37. The largest absolute Gasteiger partial charge is 0.495 e. The molecule has 2 rings (SSSR count). The van der Waals surface area contributed by atoms with Gasteiger partial charge in [0.2, 0.25) is 10.0 Å². The Kier molecular flexibility index (Phi) is 7.16. The standard InChI is InChI=1S/C21H25FN2O4S/c1-15(2)24(18-10-8-17(22)9-11-18)21(25)13-7-16-6-12-19(28-5)20(14-16)29(26,27)23(3)4/h6-15H,1-5H3/b13-7+. The topological polar surface area (TPSA) is 66.9 Å². The fraction of sp³-hybridized carbons (Fsp3) is 0.286. The fourth-order valence-corrected chi connectivity index (χ4v) is 3.81. The van der Waals surface area contributed by atoms with E-state index in [1.807, 2.05) is 13.8 Å². The highest BCUT2D eigenvalue weighted by atomic mass is 32.2. The second-order valence-electron chi connectivity index (χ2n) is 6.81. The van der Waals surface area contributed by atoms with E-state index in [0.29, 0.717) is 11.3 Å². The molecule has 0 bridgehead atoms. The molecule has 0 saturated heterocycles. The maximum Gasteiger partial charge on any atom is 0.251 e. The number of amides is 1. The van der Waals surface area contributed by atoms with Crippen LogP contribution in [0.3, 0.4) is 0 Å². The van der Waals surface area contributed by atoms with Gasteiger partial charge in [0.1, 0.15) is 16.5 Å². The van der Waals surface area contributed by atoms with Gasteiger partial charge < -0.3 is 9.64 Å². The van der Waals surface area contributed by atoms with Gasteiger partial charge in [-0.25, -0.2) is 17.1 Å². The monoisotopic (exact) mass is 420 g/mol. The number of rotatable bonds is 7. The maximum absolute atomic E-state index is 13.2. The van der Waals surface area contributed by atoms with E-state index in [0.717, 1.165) is 4.31 Å². The lowest BCUT2D eigenvalue weighted by Gasteiger charge is -2.25. The average Bonchev–Trinajstić information content (AvgIpc) is 2.67. The highest BCUT2D eigenvalue weighted by Crippen LogP contribution is 2.27. The first-order valence-corrected chi connectivity index (χ1v) is 10.4. The van der Waals surface area contributed by atoms with Crippen LogP contribution in [-0.4, -0.2) is 45.9 Å². The Labute approximate surface area is 171 Å². The molecule has 0 unspecified atom stereocenters. The summed E-state index contributed by atoms with van der Waals surface area (Å²) in [6.45, 7) is 3.70. The minimum atomic E-state index is -3.71. The van der Waals surface area contributed by atoms with Gasteiger partial charge in [-0.05, 0) is 61.9 Å². The first-order chi connectivity index (χ1) is 13.6. The summed E-state index contributed by atoms with van der Waals surface area (Å²) in [5.41, 5.74) is 1.10. The number of methoxy groups -OCH3 is 1. The number of anilines is 1. The van der Waals surface area contributed by atoms with Crippen LogP contribution in [0.2, 0.25) is 0 Å². The predicted molar refractivity (Wildman–Crippen MR) is 112 cm³/mol. The number of ether oxygens (including phenoxy) is 1. The van der Waals surface area contributed by atoms with E-state index in [1.54, 1.807) is 12.1 Å².